The van der Waals surface area contributed by atoms with Crippen LogP contribution < -0.4 is 5.32 Å². The van der Waals surface area contributed by atoms with Gasteiger partial charge in [0.15, 0.2) is 0 Å². The Balaban J connectivity index is 1.53. The molecule has 1 aliphatic heterocycles. The van der Waals surface area contributed by atoms with Gasteiger partial charge in [-0.15, -0.1) is 0 Å². The van der Waals surface area contributed by atoms with Crippen molar-refractivity contribution in [3.63, 3.8) is 0 Å². The minimum absolute atomic E-state index is 0.0394. The predicted octanol–water partition coefficient (Wildman–Crippen LogP) is 3.87. The summed E-state index contributed by atoms with van der Waals surface area (Å²) in [4.78, 5) is 14.2. The van der Waals surface area contributed by atoms with E-state index in [0.29, 0.717) is 5.92 Å². The Hall–Kier alpha value is -1.94. The second-order valence-corrected chi connectivity index (χ2v) is 8.32. The minimum Gasteiger partial charge on any atom is -0.349 e. The molecule has 1 saturated heterocycles. The van der Waals surface area contributed by atoms with E-state index in [2.05, 4.69) is 28.9 Å². The molecule has 3 nitrogen and oxygen atoms in total. The Kier molecular flexibility index (Phi) is 4.47. The third-order valence-electron chi connectivity index (χ3n) is 6.26. The fraction of sp³-hybridized carbons (Fsp3) is 0.500. The van der Waals surface area contributed by atoms with Gasteiger partial charge in [0.05, 0.1) is 6.04 Å². The monoisotopic (exact) mass is 354 g/mol. The summed E-state index contributed by atoms with van der Waals surface area (Å²) in [6.07, 6.45) is 8.53. The van der Waals surface area contributed by atoms with Crippen molar-refractivity contribution in [1.82, 2.24) is 10.2 Å². The molecule has 4 rings (SSSR count). The number of amides is 1. The molecular weight excluding hydrogens is 327 g/mol. The molecular formula is C22H27FN2O. The van der Waals surface area contributed by atoms with Gasteiger partial charge in [0.2, 0.25) is 5.91 Å². The Morgan fingerprint density at radius 1 is 1.46 bits per heavy atom. The number of allylic oxidation sites excluding steroid dienone is 3. The number of carbonyl (C=O) groups excluding carboxylic acids is 1. The lowest BCUT2D eigenvalue weighted by Crippen LogP contribution is -2.33. The maximum atomic E-state index is 13.8. The van der Waals surface area contributed by atoms with Crippen LogP contribution in [0.5, 0.6) is 0 Å². The molecule has 1 heterocycles. The molecule has 3 atom stereocenters. The molecule has 4 heteroatoms. The minimum atomic E-state index is -0.224. The van der Waals surface area contributed by atoms with Crippen LogP contribution in [0.25, 0.3) is 0 Å². The van der Waals surface area contributed by atoms with E-state index in [4.69, 9.17) is 0 Å². The molecule has 0 radical (unpaired) electrons. The SMILES string of the molecule is C=C1C=CCC(CN2CCC3(C[C@H](NC(C)=O)c4cc(F)ccc43)C2)C1. The second-order valence-electron chi connectivity index (χ2n) is 8.32. The summed E-state index contributed by atoms with van der Waals surface area (Å²) >= 11 is 0. The Labute approximate surface area is 155 Å². The first-order chi connectivity index (χ1) is 12.4. The summed E-state index contributed by atoms with van der Waals surface area (Å²) in [6.45, 7) is 8.79. The molecule has 26 heavy (non-hydrogen) atoms. The van der Waals surface area contributed by atoms with Gasteiger partial charge in [-0.05, 0) is 61.4 Å². The van der Waals surface area contributed by atoms with Crippen molar-refractivity contribution in [1.29, 1.82) is 0 Å². The van der Waals surface area contributed by atoms with Crippen molar-refractivity contribution < 1.29 is 9.18 Å². The van der Waals surface area contributed by atoms with E-state index >= 15 is 0 Å². The van der Waals surface area contributed by atoms with Gasteiger partial charge < -0.3 is 10.2 Å². The largest absolute Gasteiger partial charge is 0.349 e. The highest BCUT2D eigenvalue weighted by Crippen LogP contribution is 2.50. The molecule has 1 spiro atoms. The summed E-state index contributed by atoms with van der Waals surface area (Å²) < 4.78 is 13.8. The van der Waals surface area contributed by atoms with E-state index in [9.17, 15) is 9.18 Å². The van der Waals surface area contributed by atoms with E-state index in [1.807, 2.05) is 6.07 Å². The van der Waals surface area contributed by atoms with Crippen molar-refractivity contribution in [2.45, 2.75) is 44.1 Å². The van der Waals surface area contributed by atoms with Gasteiger partial charge in [-0.1, -0.05) is 30.4 Å². The van der Waals surface area contributed by atoms with E-state index in [1.165, 1.54) is 18.1 Å². The van der Waals surface area contributed by atoms with Crippen LogP contribution in [0.1, 0.15) is 49.8 Å². The summed E-state index contributed by atoms with van der Waals surface area (Å²) in [5, 5.41) is 3.03. The molecule has 1 aromatic rings. The fourth-order valence-electron chi connectivity index (χ4n) is 5.24. The standard InChI is InChI=1S/C22H27FN2O/c1-15-4-3-5-17(10-15)13-25-9-8-22(14-25)12-21(24-16(2)26)19-11-18(23)6-7-20(19)22/h3-4,6-7,11,17,21H,1,5,8-10,12-14H2,2H3,(H,24,26)/t17?,21-,22?/m0/s1. The smallest absolute Gasteiger partial charge is 0.217 e. The number of nitrogens with one attached hydrogen (secondary N) is 1. The highest BCUT2D eigenvalue weighted by molar-refractivity contribution is 5.74. The fourth-order valence-corrected chi connectivity index (χ4v) is 5.24. The lowest BCUT2D eigenvalue weighted by Gasteiger charge is -2.29. The number of carbonyl (C=O) groups is 1. The molecule has 0 saturated carbocycles. The molecule has 0 aromatic heterocycles. The third kappa shape index (κ3) is 3.23. The van der Waals surface area contributed by atoms with Crippen LogP contribution in [-0.2, 0) is 10.2 Å². The first-order valence-corrected chi connectivity index (χ1v) is 9.59. The highest BCUT2D eigenvalue weighted by atomic mass is 19.1. The van der Waals surface area contributed by atoms with Gasteiger partial charge >= 0.3 is 0 Å². The van der Waals surface area contributed by atoms with Gasteiger partial charge in [0.1, 0.15) is 5.82 Å². The number of hydrogen-bond acceptors (Lipinski definition) is 2. The predicted molar refractivity (Wildman–Crippen MR) is 101 cm³/mol. The number of hydrogen-bond donors (Lipinski definition) is 1. The maximum Gasteiger partial charge on any atom is 0.217 e. The molecule has 0 bridgehead atoms. The van der Waals surface area contributed by atoms with Crippen LogP contribution in [0.15, 0.2) is 42.5 Å². The summed E-state index contributed by atoms with van der Waals surface area (Å²) in [5.41, 5.74) is 3.46. The molecule has 3 aliphatic rings. The molecule has 1 amide bonds. The van der Waals surface area contributed by atoms with E-state index in [0.717, 1.165) is 50.9 Å². The second kappa shape index (κ2) is 6.66. The van der Waals surface area contributed by atoms with Crippen molar-refractivity contribution in [2.24, 2.45) is 5.92 Å². The number of nitrogens with zero attached hydrogens (tertiary/aromatic N) is 1. The van der Waals surface area contributed by atoms with Crippen LogP contribution in [0.2, 0.25) is 0 Å². The van der Waals surface area contributed by atoms with Gasteiger partial charge in [0.25, 0.3) is 0 Å². The molecule has 2 aliphatic carbocycles. The molecule has 1 fully saturated rings. The zero-order valence-electron chi connectivity index (χ0n) is 15.4. The highest BCUT2D eigenvalue weighted by Gasteiger charge is 2.48. The van der Waals surface area contributed by atoms with Crippen molar-refractivity contribution in [3.05, 3.63) is 59.4 Å². The zero-order valence-corrected chi connectivity index (χ0v) is 15.4. The number of fused-ring (bicyclic) bond motifs is 2. The third-order valence-corrected chi connectivity index (χ3v) is 6.26. The van der Waals surface area contributed by atoms with Gasteiger partial charge in [0, 0.05) is 25.4 Å². The van der Waals surface area contributed by atoms with Crippen LogP contribution in [-0.4, -0.2) is 30.4 Å². The van der Waals surface area contributed by atoms with Gasteiger partial charge in [-0.2, -0.15) is 0 Å². The van der Waals surface area contributed by atoms with Crippen LogP contribution in [0.4, 0.5) is 4.39 Å². The average Bonchev–Trinajstić information content (AvgIpc) is 3.09. The Morgan fingerprint density at radius 3 is 3.08 bits per heavy atom. The zero-order chi connectivity index (χ0) is 18.3. The lowest BCUT2D eigenvalue weighted by atomic mass is 9.81. The Bertz CT molecular complexity index is 771. The van der Waals surface area contributed by atoms with Crippen LogP contribution in [0.3, 0.4) is 0 Å². The van der Waals surface area contributed by atoms with Crippen molar-refractivity contribution >= 4 is 5.91 Å². The molecule has 1 N–H and O–H groups in total. The quantitative estimate of drug-likeness (QED) is 0.894. The first kappa shape index (κ1) is 17.5. The van der Waals surface area contributed by atoms with Gasteiger partial charge in [-0.25, -0.2) is 4.39 Å². The van der Waals surface area contributed by atoms with Crippen molar-refractivity contribution in [3.8, 4) is 0 Å². The normalized spacial score (nSPS) is 30.8. The molecule has 138 valence electrons. The Morgan fingerprint density at radius 2 is 2.31 bits per heavy atom. The summed E-state index contributed by atoms with van der Waals surface area (Å²) in [6, 6.07) is 5.05. The number of rotatable bonds is 3. The maximum absolute atomic E-state index is 13.8. The van der Waals surface area contributed by atoms with Crippen molar-refractivity contribution in [2.75, 3.05) is 19.6 Å². The number of halogens is 1. The summed E-state index contributed by atoms with van der Waals surface area (Å²) in [7, 11) is 0. The van der Waals surface area contributed by atoms with E-state index < -0.39 is 0 Å². The van der Waals surface area contributed by atoms with Crippen LogP contribution >= 0.6 is 0 Å². The molecule has 2 unspecified atom stereocenters. The molecule has 1 aromatic carbocycles. The van der Waals surface area contributed by atoms with E-state index in [1.54, 1.807) is 12.1 Å². The average molecular weight is 354 g/mol. The van der Waals surface area contributed by atoms with Crippen LogP contribution in [0, 0.1) is 11.7 Å². The van der Waals surface area contributed by atoms with E-state index in [-0.39, 0.29) is 23.2 Å². The topological polar surface area (TPSA) is 32.3 Å². The number of likely N-dealkylation sites (tertiary alicyclic amines) is 1. The first-order valence-electron chi connectivity index (χ1n) is 9.59. The summed E-state index contributed by atoms with van der Waals surface area (Å²) in [5.74, 6) is 0.367. The number of benzene rings is 1. The van der Waals surface area contributed by atoms with Gasteiger partial charge in [-0.3, -0.25) is 4.79 Å². The lowest BCUT2D eigenvalue weighted by molar-refractivity contribution is -0.119.